The number of esters is 1. The molecule has 3 nitrogen and oxygen atoms in total. The Hall–Kier alpha value is -0.550. The van der Waals surface area contributed by atoms with E-state index in [0.717, 1.165) is 3.79 Å². The van der Waals surface area contributed by atoms with Crippen molar-refractivity contribution in [2.45, 2.75) is 26.4 Å². The zero-order valence-electron chi connectivity index (χ0n) is 8.26. The molecule has 0 saturated carbocycles. The highest BCUT2D eigenvalue weighted by atomic mass is 79.9. The number of thiophene rings is 1. The molecule has 1 aromatic rings. The third-order valence-electron chi connectivity index (χ3n) is 1.31. The molecule has 0 radical (unpaired) electrons. The van der Waals surface area contributed by atoms with E-state index in [1.165, 1.54) is 11.3 Å². The first-order valence-corrected chi connectivity index (χ1v) is 5.69. The number of halogens is 1. The maximum Gasteiger partial charge on any atom is 0.348 e. The van der Waals surface area contributed by atoms with Crippen LogP contribution in [-0.2, 0) is 4.74 Å². The lowest BCUT2D eigenvalue weighted by molar-refractivity contribution is 0.00753. The van der Waals surface area contributed by atoms with E-state index in [-0.39, 0.29) is 5.97 Å². The van der Waals surface area contributed by atoms with Crippen molar-refractivity contribution in [3.63, 3.8) is 0 Å². The number of carbonyl (C=O) groups is 1. The number of anilines is 1. The van der Waals surface area contributed by atoms with E-state index in [1.54, 1.807) is 6.07 Å². The summed E-state index contributed by atoms with van der Waals surface area (Å²) in [7, 11) is 0. The van der Waals surface area contributed by atoms with Crippen LogP contribution in [0.4, 0.5) is 5.69 Å². The van der Waals surface area contributed by atoms with Crippen molar-refractivity contribution in [1.29, 1.82) is 0 Å². The van der Waals surface area contributed by atoms with E-state index in [1.807, 2.05) is 20.8 Å². The summed E-state index contributed by atoms with van der Waals surface area (Å²) in [6, 6.07) is 1.61. The highest BCUT2D eigenvalue weighted by Gasteiger charge is 2.20. The Morgan fingerprint density at radius 1 is 1.57 bits per heavy atom. The minimum atomic E-state index is -0.470. The Bertz CT molecular complexity index is 335. The molecular weight excluding hydrogens is 266 g/mol. The zero-order chi connectivity index (χ0) is 10.9. The lowest BCUT2D eigenvalue weighted by Gasteiger charge is -2.18. The zero-order valence-corrected chi connectivity index (χ0v) is 10.7. The number of carbonyl (C=O) groups excluding carboxylic acids is 1. The van der Waals surface area contributed by atoms with Crippen LogP contribution >= 0.6 is 27.3 Å². The molecule has 5 heteroatoms. The van der Waals surface area contributed by atoms with Crippen LogP contribution in [0.15, 0.2) is 9.85 Å². The van der Waals surface area contributed by atoms with Crippen LogP contribution in [-0.4, -0.2) is 11.6 Å². The molecule has 0 unspecified atom stereocenters. The Morgan fingerprint density at radius 3 is 2.50 bits per heavy atom. The normalized spacial score (nSPS) is 11.4. The van der Waals surface area contributed by atoms with Gasteiger partial charge in [-0.05, 0) is 42.8 Å². The first-order chi connectivity index (χ1) is 6.29. The van der Waals surface area contributed by atoms with Crippen molar-refractivity contribution in [2.24, 2.45) is 0 Å². The largest absolute Gasteiger partial charge is 0.456 e. The summed E-state index contributed by atoms with van der Waals surface area (Å²) in [5, 5.41) is 0. The van der Waals surface area contributed by atoms with Crippen LogP contribution in [0.5, 0.6) is 0 Å². The summed E-state index contributed by atoms with van der Waals surface area (Å²) in [4.78, 5) is 12.1. The summed E-state index contributed by atoms with van der Waals surface area (Å²) in [6.45, 7) is 5.49. The van der Waals surface area contributed by atoms with Crippen LogP contribution in [0.2, 0.25) is 0 Å². The third kappa shape index (κ3) is 2.99. The SMILES string of the molecule is CC(C)(C)OC(=O)c1cc(N)c(Br)s1. The number of hydrogen-bond acceptors (Lipinski definition) is 4. The Balaban J connectivity index is 2.80. The van der Waals surface area contributed by atoms with Gasteiger partial charge in [0.2, 0.25) is 0 Å². The van der Waals surface area contributed by atoms with Gasteiger partial charge in [0, 0.05) is 0 Å². The molecule has 78 valence electrons. The minimum absolute atomic E-state index is 0.333. The fraction of sp³-hybridized carbons (Fsp3) is 0.444. The summed E-state index contributed by atoms with van der Waals surface area (Å²) in [6.07, 6.45) is 0. The number of ether oxygens (including phenoxy) is 1. The van der Waals surface area contributed by atoms with E-state index >= 15 is 0 Å². The summed E-state index contributed by atoms with van der Waals surface area (Å²) < 4.78 is 5.95. The molecule has 2 N–H and O–H groups in total. The van der Waals surface area contributed by atoms with Gasteiger partial charge >= 0.3 is 5.97 Å². The molecule has 0 saturated heterocycles. The van der Waals surface area contributed by atoms with Gasteiger partial charge in [-0.15, -0.1) is 11.3 Å². The quantitative estimate of drug-likeness (QED) is 0.803. The summed E-state index contributed by atoms with van der Waals surface area (Å²) in [5.74, 6) is -0.333. The lowest BCUT2D eigenvalue weighted by Crippen LogP contribution is -2.23. The molecular formula is C9H12BrNO2S. The van der Waals surface area contributed by atoms with E-state index in [0.29, 0.717) is 10.6 Å². The molecule has 0 aliphatic carbocycles. The van der Waals surface area contributed by atoms with Crippen molar-refractivity contribution in [3.8, 4) is 0 Å². The first kappa shape index (κ1) is 11.5. The molecule has 1 aromatic heterocycles. The molecule has 1 rings (SSSR count). The van der Waals surface area contributed by atoms with Crippen molar-refractivity contribution in [3.05, 3.63) is 14.7 Å². The van der Waals surface area contributed by atoms with Gasteiger partial charge in [-0.1, -0.05) is 0 Å². The average Bonchev–Trinajstić information content (AvgIpc) is 2.28. The monoisotopic (exact) mass is 277 g/mol. The topological polar surface area (TPSA) is 52.3 Å². The number of nitrogens with two attached hydrogens (primary N) is 1. The van der Waals surface area contributed by atoms with Crippen molar-refractivity contribution in [2.75, 3.05) is 5.73 Å². The molecule has 0 amide bonds. The van der Waals surface area contributed by atoms with E-state index < -0.39 is 5.60 Å². The van der Waals surface area contributed by atoms with Crippen molar-refractivity contribution < 1.29 is 9.53 Å². The van der Waals surface area contributed by atoms with Gasteiger partial charge in [0.1, 0.15) is 10.5 Å². The number of nitrogen functional groups attached to an aromatic ring is 1. The fourth-order valence-corrected chi connectivity index (χ4v) is 2.13. The molecule has 1 heterocycles. The van der Waals surface area contributed by atoms with Crippen LogP contribution in [0, 0.1) is 0 Å². The van der Waals surface area contributed by atoms with Crippen molar-refractivity contribution >= 4 is 38.9 Å². The highest BCUT2D eigenvalue weighted by molar-refractivity contribution is 9.11. The van der Waals surface area contributed by atoms with E-state index in [9.17, 15) is 4.79 Å². The van der Waals surface area contributed by atoms with Gasteiger partial charge in [-0.3, -0.25) is 0 Å². The maximum atomic E-state index is 11.5. The molecule has 0 aromatic carbocycles. The first-order valence-electron chi connectivity index (χ1n) is 4.08. The fourth-order valence-electron chi connectivity index (χ4n) is 0.812. The van der Waals surface area contributed by atoms with Gasteiger partial charge in [0.25, 0.3) is 0 Å². The number of hydrogen-bond donors (Lipinski definition) is 1. The van der Waals surface area contributed by atoms with E-state index in [2.05, 4.69) is 15.9 Å². The van der Waals surface area contributed by atoms with Crippen LogP contribution < -0.4 is 5.73 Å². The van der Waals surface area contributed by atoms with Crippen molar-refractivity contribution in [1.82, 2.24) is 0 Å². The van der Waals surface area contributed by atoms with Crippen LogP contribution in [0.1, 0.15) is 30.4 Å². The predicted molar refractivity (Wildman–Crippen MR) is 61.6 cm³/mol. The van der Waals surface area contributed by atoms with Crippen LogP contribution in [0.3, 0.4) is 0 Å². The van der Waals surface area contributed by atoms with Gasteiger partial charge in [-0.2, -0.15) is 0 Å². The smallest absolute Gasteiger partial charge is 0.348 e. The van der Waals surface area contributed by atoms with E-state index in [4.69, 9.17) is 10.5 Å². The summed E-state index contributed by atoms with van der Waals surface area (Å²) >= 11 is 4.53. The Morgan fingerprint density at radius 2 is 2.14 bits per heavy atom. The molecule has 0 aliphatic rings. The van der Waals surface area contributed by atoms with Gasteiger partial charge < -0.3 is 10.5 Å². The second-order valence-corrected chi connectivity index (χ2v) is 6.21. The molecule has 0 atom stereocenters. The Kier molecular flexibility index (Phi) is 3.21. The molecule has 0 spiro atoms. The second-order valence-electron chi connectivity index (χ2n) is 3.84. The van der Waals surface area contributed by atoms with Gasteiger partial charge in [0.05, 0.1) is 9.47 Å². The molecule has 14 heavy (non-hydrogen) atoms. The van der Waals surface area contributed by atoms with Gasteiger partial charge in [-0.25, -0.2) is 4.79 Å². The standard InChI is InChI=1S/C9H12BrNO2S/c1-9(2,3)13-8(12)6-4-5(11)7(10)14-6/h4H,11H2,1-3H3. The lowest BCUT2D eigenvalue weighted by atomic mass is 10.2. The van der Waals surface area contributed by atoms with Crippen LogP contribution in [0.25, 0.3) is 0 Å². The molecule has 0 bridgehead atoms. The minimum Gasteiger partial charge on any atom is -0.456 e. The Labute approximate surface area is 95.4 Å². The third-order valence-corrected chi connectivity index (χ3v) is 3.18. The average molecular weight is 278 g/mol. The highest BCUT2D eigenvalue weighted by Crippen LogP contribution is 2.31. The summed E-state index contributed by atoms with van der Waals surface area (Å²) in [5.41, 5.74) is 5.69. The van der Waals surface area contributed by atoms with Gasteiger partial charge in [0.15, 0.2) is 0 Å². The molecule has 0 aliphatic heterocycles. The second kappa shape index (κ2) is 3.90. The number of rotatable bonds is 1. The predicted octanol–water partition coefficient (Wildman–Crippen LogP) is 3.05. The molecule has 0 fully saturated rings. The maximum absolute atomic E-state index is 11.5.